The Morgan fingerprint density at radius 3 is 2.40 bits per heavy atom. The van der Waals surface area contributed by atoms with Gasteiger partial charge in [-0.15, -0.1) is 24.0 Å². The average molecular weight is 527 g/mol. The SMILES string of the molecule is CCC(C)c1ccc(NC(N)=NCCN2CCN(C(=O)C3CCCC3)CC2)cc1.I. The zero-order chi connectivity index (χ0) is 20.6. The van der Waals surface area contributed by atoms with Gasteiger partial charge in [0.2, 0.25) is 5.91 Å². The monoisotopic (exact) mass is 527 g/mol. The number of nitrogens with one attached hydrogen (secondary N) is 1. The van der Waals surface area contributed by atoms with Gasteiger partial charge in [-0.25, -0.2) is 0 Å². The number of hydrogen-bond acceptors (Lipinski definition) is 3. The van der Waals surface area contributed by atoms with Crippen molar-refractivity contribution in [2.45, 2.75) is 51.9 Å². The molecular weight excluding hydrogens is 489 g/mol. The molecule has 1 aromatic carbocycles. The molecule has 168 valence electrons. The van der Waals surface area contributed by atoms with Gasteiger partial charge in [-0.1, -0.05) is 38.8 Å². The van der Waals surface area contributed by atoms with Crippen LogP contribution in [0.5, 0.6) is 0 Å². The van der Waals surface area contributed by atoms with E-state index in [1.165, 1.54) is 18.4 Å². The summed E-state index contributed by atoms with van der Waals surface area (Å²) in [5.74, 6) is 1.70. The summed E-state index contributed by atoms with van der Waals surface area (Å²) >= 11 is 0. The molecule has 1 atom stereocenters. The topological polar surface area (TPSA) is 74.0 Å². The highest BCUT2D eigenvalue weighted by atomic mass is 127. The number of benzene rings is 1. The lowest BCUT2D eigenvalue weighted by molar-refractivity contribution is -0.137. The third-order valence-electron chi connectivity index (χ3n) is 6.45. The molecule has 1 unspecified atom stereocenters. The van der Waals surface area contributed by atoms with Crippen LogP contribution in [0.3, 0.4) is 0 Å². The number of guanidine groups is 1. The summed E-state index contributed by atoms with van der Waals surface area (Å²) in [5, 5.41) is 3.17. The number of carbonyl (C=O) groups excluding carboxylic acids is 1. The number of anilines is 1. The van der Waals surface area contributed by atoms with E-state index in [0.717, 1.165) is 57.7 Å². The van der Waals surface area contributed by atoms with E-state index >= 15 is 0 Å². The van der Waals surface area contributed by atoms with E-state index < -0.39 is 0 Å². The molecule has 1 aromatic rings. The number of carbonyl (C=O) groups is 1. The van der Waals surface area contributed by atoms with E-state index in [4.69, 9.17) is 5.73 Å². The van der Waals surface area contributed by atoms with Gasteiger partial charge in [-0.05, 0) is 42.9 Å². The molecule has 1 saturated heterocycles. The third kappa shape index (κ3) is 7.11. The van der Waals surface area contributed by atoms with Gasteiger partial charge in [0, 0.05) is 44.3 Å². The molecule has 3 rings (SSSR count). The van der Waals surface area contributed by atoms with Crippen LogP contribution < -0.4 is 11.1 Å². The van der Waals surface area contributed by atoms with Crippen LogP contribution in [0.25, 0.3) is 0 Å². The first-order valence-corrected chi connectivity index (χ1v) is 11.2. The van der Waals surface area contributed by atoms with Crippen molar-refractivity contribution in [2.75, 3.05) is 44.6 Å². The molecule has 2 fully saturated rings. The second-order valence-electron chi connectivity index (χ2n) is 8.47. The van der Waals surface area contributed by atoms with Crippen LogP contribution in [0.15, 0.2) is 29.3 Å². The van der Waals surface area contributed by atoms with Gasteiger partial charge < -0.3 is 16.0 Å². The van der Waals surface area contributed by atoms with E-state index in [1.54, 1.807) is 0 Å². The first-order valence-electron chi connectivity index (χ1n) is 11.2. The predicted molar refractivity (Wildman–Crippen MR) is 136 cm³/mol. The summed E-state index contributed by atoms with van der Waals surface area (Å²) in [4.78, 5) is 21.4. The molecule has 7 heteroatoms. The molecule has 1 amide bonds. The van der Waals surface area contributed by atoms with Crippen molar-refractivity contribution in [3.05, 3.63) is 29.8 Å². The van der Waals surface area contributed by atoms with Crippen molar-refractivity contribution in [1.82, 2.24) is 9.80 Å². The van der Waals surface area contributed by atoms with Gasteiger partial charge >= 0.3 is 0 Å². The molecule has 1 heterocycles. The second kappa shape index (κ2) is 12.5. The van der Waals surface area contributed by atoms with Crippen LogP contribution >= 0.6 is 24.0 Å². The van der Waals surface area contributed by atoms with Crippen LogP contribution in [0.2, 0.25) is 0 Å². The number of rotatable bonds is 7. The van der Waals surface area contributed by atoms with Gasteiger partial charge in [0.15, 0.2) is 5.96 Å². The fourth-order valence-electron chi connectivity index (χ4n) is 4.25. The van der Waals surface area contributed by atoms with E-state index in [2.05, 4.69) is 58.2 Å². The Morgan fingerprint density at radius 2 is 1.80 bits per heavy atom. The number of aliphatic imine (C=N–C) groups is 1. The highest BCUT2D eigenvalue weighted by Gasteiger charge is 2.29. The van der Waals surface area contributed by atoms with Crippen molar-refractivity contribution < 1.29 is 4.79 Å². The van der Waals surface area contributed by atoms with Crippen LogP contribution in [-0.4, -0.2) is 60.9 Å². The van der Waals surface area contributed by atoms with Crippen molar-refractivity contribution in [2.24, 2.45) is 16.6 Å². The summed E-state index contributed by atoms with van der Waals surface area (Å²) in [7, 11) is 0. The van der Waals surface area contributed by atoms with E-state index in [0.29, 0.717) is 24.3 Å². The van der Waals surface area contributed by atoms with Gasteiger partial charge in [0.25, 0.3) is 0 Å². The van der Waals surface area contributed by atoms with E-state index in [-0.39, 0.29) is 29.9 Å². The van der Waals surface area contributed by atoms with E-state index in [1.807, 2.05) is 0 Å². The fraction of sp³-hybridized carbons (Fsp3) is 0.652. The highest BCUT2D eigenvalue weighted by Crippen LogP contribution is 2.27. The smallest absolute Gasteiger partial charge is 0.225 e. The quantitative estimate of drug-likeness (QED) is 0.321. The molecule has 2 aliphatic rings. The summed E-state index contributed by atoms with van der Waals surface area (Å²) < 4.78 is 0. The second-order valence-corrected chi connectivity index (χ2v) is 8.47. The third-order valence-corrected chi connectivity index (χ3v) is 6.45. The molecule has 1 aliphatic heterocycles. The Balaban J connectivity index is 0.00000320. The predicted octanol–water partition coefficient (Wildman–Crippen LogP) is 3.88. The maximum absolute atomic E-state index is 12.5. The Hall–Kier alpha value is -1.35. The minimum Gasteiger partial charge on any atom is -0.370 e. The molecule has 30 heavy (non-hydrogen) atoms. The van der Waals surface area contributed by atoms with Crippen molar-refractivity contribution in [1.29, 1.82) is 0 Å². The summed E-state index contributed by atoms with van der Waals surface area (Å²) in [6, 6.07) is 8.42. The lowest BCUT2D eigenvalue weighted by atomic mass is 9.99. The molecule has 0 spiro atoms. The molecule has 6 nitrogen and oxygen atoms in total. The first-order chi connectivity index (χ1) is 14.1. The fourth-order valence-corrected chi connectivity index (χ4v) is 4.25. The zero-order valence-electron chi connectivity index (χ0n) is 18.5. The molecule has 3 N–H and O–H groups in total. The molecule has 1 aliphatic carbocycles. The normalized spacial score (nSPS) is 19.4. The standard InChI is InChI=1S/C23H37N5O.HI/c1-3-18(2)19-8-10-21(11-9-19)26-23(24)25-12-13-27-14-16-28(17-15-27)22(29)20-6-4-5-7-20;/h8-11,18,20H,3-7,12-17H2,1-2H3,(H3,24,25,26);1H. The average Bonchev–Trinajstić information content (AvgIpc) is 3.28. The minimum absolute atomic E-state index is 0. The van der Waals surface area contributed by atoms with Gasteiger partial charge in [0.05, 0.1) is 6.54 Å². The maximum atomic E-state index is 12.5. The lowest BCUT2D eigenvalue weighted by Crippen LogP contribution is -2.50. The molecule has 0 radical (unpaired) electrons. The minimum atomic E-state index is 0. The Morgan fingerprint density at radius 1 is 1.17 bits per heavy atom. The van der Waals surface area contributed by atoms with Crippen LogP contribution in [0.1, 0.15) is 57.4 Å². The van der Waals surface area contributed by atoms with E-state index in [9.17, 15) is 4.79 Å². The van der Waals surface area contributed by atoms with Crippen LogP contribution in [0.4, 0.5) is 5.69 Å². The van der Waals surface area contributed by atoms with Crippen LogP contribution in [0, 0.1) is 5.92 Å². The largest absolute Gasteiger partial charge is 0.370 e. The summed E-state index contributed by atoms with van der Waals surface area (Å²) in [5.41, 5.74) is 8.36. The Bertz CT molecular complexity index is 679. The van der Waals surface area contributed by atoms with Gasteiger partial charge in [0.1, 0.15) is 0 Å². The maximum Gasteiger partial charge on any atom is 0.225 e. The summed E-state index contributed by atoms with van der Waals surface area (Å²) in [6.45, 7) is 9.53. The number of piperazine rings is 1. The number of amides is 1. The molecule has 0 bridgehead atoms. The Labute approximate surface area is 198 Å². The van der Waals surface area contributed by atoms with Crippen LogP contribution in [-0.2, 0) is 4.79 Å². The molecule has 1 saturated carbocycles. The Kier molecular flexibility index (Phi) is 10.4. The summed E-state index contributed by atoms with van der Waals surface area (Å²) in [6.07, 6.45) is 5.73. The highest BCUT2D eigenvalue weighted by molar-refractivity contribution is 14.0. The number of hydrogen-bond donors (Lipinski definition) is 2. The number of nitrogens with zero attached hydrogens (tertiary/aromatic N) is 3. The van der Waals surface area contributed by atoms with Crippen molar-refractivity contribution in [3.8, 4) is 0 Å². The lowest BCUT2D eigenvalue weighted by Gasteiger charge is -2.35. The number of halogens is 1. The number of nitrogens with two attached hydrogens (primary N) is 1. The van der Waals surface area contributed by atoms with Gasteiger partial charge in [-0.2, -0.15) is 0 Å². The molecular formula is C23H38IN5O. The first kappa shape index (κ1) is 24.9. The van der Waals surface area contributed by atoms with Gasteiger partial charge in [-0.3, -0.25) is 14.7 Å². The zero-order valence-corrected chi connectivity index (χ0v) is 20.8. The van der Waals surface area contributed by atoms with Crippen molar-refractivity contribution in [3.63, 3.8) is 0 Å². The van der Waals surface area contributed by atoms with Crippen molar-refractivity contribution >= 4 is 41.5 Å². The molecule has 0 aromatic heterocycles.